The smallest absolute Gasteiger partial charge is 0.872 e. The summed E-state index contributed by atoms with van der Waals surface area (Å²) >= 11 is 0. The zero-order valence-electron chi connectivity index (χ0n) is 18.4. The van der Waals surface area contributed by atoms with E-state index in [1.807, 2.05) is 0 Å². The van der Waals surface area contributed by atoms with Crippen LogP contribution in [-0.2, 0) is 26.8 Å². The molecule has 0 saturated carbocycles. The number of rotatable bonds is 8. The Kier molecular flexibility index (Phi) is 10.5. The van der Waals surface area contributed by atoms with Crippen LogP contribution in [0.15, 0.2) is 12.1 Å². The van der Waals surface area contributed by atoms with Crippen LogP contribution in [0, 0.1) is 0 Å². The molecule has 0 radical (unpaired) electrons. The number of ether oxygens (including phenoxy) is 2. The van der Waals surface area contributed by atoms with Crippen LogP contribution >= 0.6 is 0 Å². The summed E-state index contributed by atoms with van der Waals surface area (Å²) in [7, 11) is 3.40. The summed E-state index contributed by atoms with van der Waals surface area (Å²) in [6.45, 7) is 16.4. The molecule has 0 N–H and O–H groups in total. The third-order valence-electron chi connectivity index (χ3n) is 4.46. The van der Waals surface area contributed by atoms with Crippen molar-refractivity contribution >= 4 is 0 Å². The molecule has 0 aromatic heterocycles. The van der Waals surface area contributed by atoms with Crippen molar-refractivity contribution in [3.63, 3.8) is 0 Å². The van der Waals surface area contributed by atoms with Gasteiger partial charge >= 0.3 is 18.9 Å². The molecule has 144 valence electrons. The largest absolute Gasteiger partial charge is 1.00 e. The quantitative estimate of drug-likeness (QED) is 0.634. The molecule has 0 heterocycles. The fourth-order valence-electron chi connectivity index (χ4n) is 2.75. The minimum Gasteiger partial charge on any atom is -0.872 e. The molecule has 1 aromatic carbocycles. The minimum atomic E-state index is -0.170. The van der Waals surface area contributed by atoms with Crippen molar-refractivity contribution in [2.24, 2.45) is 0 Å². The second-order valence-electron chi connectivity index (χ2n) is 8.77. The molecule has 26 heavy (non-hydrogen) atoms. The van der Waals surface area contributed by atoms with E-state index in [0.717, 1.165) is 24.2 Å². The molecule has 1 rings (SSSR count). The van der Waals surface area contributed by atoms with Gasteiger partial charge in [0.1, 0.15) is 0 Å². The van der Waals surface area contributed by atoms with E-state index in [1.165, 1.54) is 5.56 Å². The second kappa shape index (κ2) is 10.7. The van der Waals surface area contributed by atoms with Gasteiger partial charge in [-0.15, -0.1) is 5.75 Å². The van der Waals surface area contributed by atoms with Crippen molar-refractivity contribution in [3.05, 3.63) is 28.8 Å². The van der Waals surface area contributed by atoms with Crippen LogP contribution in [0.2, 0.25) is 0 Å². The van der Waals surface area contributed by atoms with Crippen LogP contribution in [0.3, 0.4) is 0 Å². The third-order valence-corrected chi connectivity index (χ3v) is 4.46. The van der Waals surface area contributed by atoms with Crippen molar-refractivity contribution in [3.8, 4) is 5.75 Å². The van der Waals surface area contributed by atoms with Crippen molar-refractivity contribution in [2.75, 3.05) is 40.5 Å². The number of nitrogens with zero attached hydrogens (tertiary/aromatic N) is 1. The second-order valence-corrected chi connectivity index (χ2v) is 8.77. The number of methoxy groups -OCH3 is 2. The van der Waals surface area contributed by atoms with E-state index in [4.69, 9.17) is 9.47 Å². The average Bonchev–Trinajstić information content (AvgIpc) is 2.49. The SMILES string of the molecule is COCCN(CCOC)Cc1cc(C(C)(C)C)cc(C(C)(C)C)c1[O-].[Li+]. The van der Waals surface area contributed by atoms with Gasteiger partial charge in [0, 0.05) is 33.9 Å². The maximum absolute atomic E-state index is 13.1. The first kappa shape index (κ1) is 25.5. The van der Waals surface area contributed by atoms with Gasteiger partial charge in [-0.05, 0) is 27.5 Å². The van der Waals surface area contributed by atoms with E-state index < -0.39 is 0 Å². The average molecular weight is 357 g/mol. The molecule has 0 aliphatic rings. The van der Waals surface area contributed by atoms with Crippen LogP contribution < -0.4 is 24.0 Å². The van der Waals surface area contributed by atoms with E-state index >= 15 is 0 Å². The fraction of sp³-hybridized carbons (Fsp3) is 0.714. The van der Waals surface area contributed by atoms with Gasteiger partial charge in [-0.3, -0.25) is 4.90 Å². The molecule has 0 fully saturated rings. The zero-order chi connectivity index (χ0) is 19.3. The number of benzene rings is 1. The van der Waals surface area contributed by atoms with Crippen LogP contribution in [0.25, 0.3) is 0 Å². The van der Waals surface area contributed by atoms with Gasteiger partial charge in [0.05, 0.1) is 13.2 Å². The van der Waals surface area contributed by atoms with Gasteiger partial charge in [-0.2, -0.15) is 0 Å². The van der Waals surface area contributed by atoms with Crippen LogP contribution in [-0.4, -0.2) is 45.4 Å². The zero-order valence-corrected chi connectivity index (χ0v) is 18.4. The molecular formula is C21H36LiNO3. The molecule has 1 aromatic rings. The third kappa shape index (κ3) is 7.62. The molecule has 4 nitrogen and oxygen atoms in total. The Labute approximate surface area is 172 Å². The first-order valence-corrected chi connectivity index (χ1v) is 9.05. The van der Waals surface area contributed by atoms with Gasteiger partial charge in [-0.1, -0.05) is 53.7 Å². The Bertz CT molecular complexity index is 539. The predicted octanol–water partition coefficient (Wildman–Crippen LogP) is 0.454. The molecule has 0 unspecified atom stereocenters. The van der Waals surface area contributed by atoms with E-state index in [0.29, 0.717) is 19.8 Å². The molecule has 0 saturated heterocycles. The Hall–Kier alpha value is -0.503. The van der Waals surface area contributed by atoms with Crippen molar-refractivity contribution < 1.29 is 33.4 Å². The van der Waals surface area contributed by atoms with E-state index in [2.05, 4.69) is 58.6 Å². The molecule has 0 bridgehead atoms. The Morgan fingerprint density at radius 3 is 1.77 bits per heavy atom. The van der Waals surface area contributed by atoms with Crippen LogP contribution in [0.5, 0.6) is 5.75 Å². The number of hydrogen-bond acceptors (Lipinski definition) is 4. The molecule has 0 aliphatic carbocycles. The van der Waals surface area contributed by atoms with Crippen molar-refractivity contribution in [1.29, 1.82) is 0 Å². The van der Waals surface area contributed by atoms with Gasteiger partial charge in [0.15, 0.2) is 0 Å². The molecular weight excluding hydrogens is 321 g/mol. The van der Waals surface area contributed by atoms with Gasteiger partial charge in [-0.25, -0.2) is 0 Å². The molecule has 0 spiro atoms. The summed E-state index contributed by atoms with van der Waals surface area (Å²) in [5, 5.41) is 13.1. The predicted molar refractivity (Wildman–Crippen MR) is 102 cm³/mol. The summed E-state index contributed by atoms with van der Waals surface area (Å²) in [5.74, 6) is 0.167. The Balaban J connectivity index is 0.00000625. The summed E-state index contributed by atoms with van der Waals surface area (Å²) in [6, 6.07) is 4.19. The van der Waals surface area contributed by atoms with E-state index in [9.17, 15) is 5.11 Å². The fourth-order valence-corrected chi connectivity index (χ4v) is 2.75. The first-order valence-electron chi connectivity index (χ1n) is 9.05. The topological polar surface area (TPSA) is 44.8 Å². The normalized spacial score (nSPS) is 12.3. The molecule has 0 aliphatic heterocycles. The van der Waals surface area contributed by atoms with Gasteiger partial charge in [0.25, 0.3) is 0 Å². The van der Waals surface area contributed by atoms with E-state index in [-0.39, 0.29) is 35.4 Å². The molecule has 0 atom stereocenters. The van der Waals surface area contributed by atoms with Gasteiger partial charge in [0.2, 0.25) is 0 Å². The van der Waals surface area contributed by atoms with E-state index in [1.54, 1.807) is 14.2 Å². The summed E-state index contributed by atoms with van der Waals surface area (Å²) in [6.07, 6.45) is 0. The molecule has 5 heteroatoms. The Morgan fingerprint density at radius 1 is 0.885 bits per heavy atom. The maximum atomic E-state index is 13.1. The Morgan fingerprint density at radius 2 is 1.38 bits per heavy atom. The maximum Gasteiger partial charge on any atom is 1.00 e. The summed E-state index contributed by atoms with van der Waals surface area (Å²) < 4.78 is 10.4. The van der Waals surface area contributed by atoms with Crippen LogP contribution in [0.1, 0.15) is 58.2 Å². The standard InChI is InChI=1S/C21H37NO3.Li/c1-20(2,3)17-13-16(19(23)18(14-17)21(4,5)6)15-22(9-11-24-7)10-12-25-8;/h13-14,23H,9-12,15H2,1-8H3;/q;+1/p-1. The first-order chi connectivity index (χ1) is 11.5. The monoisotopic (exact) mass is 357 g/mol. The van der Waals surface area contributed by atoms with Crippen molar-refractivity contribution in [2.45, 2.75) is 58.9 Å². The van der Waals surface area contributed by atoms with Crippen LogP contribution in [0.4, 0.5) is 0 Å². The molecule has 0 amide bonds. The summed E-state index contributed by atoms with van der Waals surface area (Å²) in [5.41, 5.74) is 2.81. The van der Waals surface area contributed by atoms with Crippen molar-refractivity contribution in [1.82, 2.24) is 4.90 Å². The van der Waals surface area contributed by atoms with Gasteiger partial charge < -0.3 is 14.6 Å². The summed E-state index contributed by atoms with van der Waals surface area (Å²) in [4.78, 5) is 2.22. The minimum absolute atomic E-state index is 0. The number of hydrogen-bond donors (Lipinski definition) is 0.